The van der Waals surface area contributed by atoms with E-state index < -0.39 is 17.8 Å². The van der Waals surface area contributed by atoms with Gasteiger partial charge in [0.25, 0.3) is 0 Å². The third kappa shape index (κ3) is 3.55. The van der Waals surface area contributed by atoms with Gasteiger partial charge < -0.3 is 15.7 Å². The Kier molecular flexibility index (Phi) is 4.30. The first-order valence-electron chi connectivity index (χ1n) is 7.41. The van der Waals surface area contributed by atoms with Crippen molar-refractivity contribution in [3.63, 3.8) is 0 Å². The maximum Gasteiger partial charge on any atom is 0.337 e. The highest BCUT2D eigenvalue weighted by molar-refractivity contribution is 6.08. The number of hydrogen-bond donors (Lipinski definition) is 3. The fraction of sp³-hybridized carbons (Fsp3) is 0.0556. The van der Waals surface area contributed by atoms with Crippen molar-refractivity contribution in [2.75, 3.05) is 10.6 Å². The summed E-state index contributed by atoms with van der Waals surface area (Å²) in [6.45, 7) is 1.80. The summed E-state index contributed by atoms with van der Waals surface area (Å²) in [6.07, 6.45) is 0. The number of carbonyl (C=O) groups is 2. The van der Waals surface area contributed by atoms with Crippen molar-refractivity contribution in [3.05, 3.63) is 65.6 Å². The second-order valence-corrected chi connectivity index (χ2v) is 5.40. The topological polar surface area (TPSA) is 91.3 Å². The zero-order valence-corrected chi connectivity index (χ0v) is 13.2. The summed E-state index contributed by atoms with van der Waals surface area (Å²) in [5.74, 6) is -2.03. The van der Waals surface area contributed by atoms with Gasteiger partial charge in [0.2, 0.25) is 0 Å². The Morgan fingerprint density at radius 1 is 1.04 bits per heavy atom. The number of benzene rings is 2. The monoisotopic (exact) mass is 339 g/mol. The van der Waals surface area contributed by atoms with Crippen molar-refractivity contribution in [1.29, 1.82) is 0 Å². The molecule has 0 aliphatic heterocycles. The molecule has 0 saturated heterocycles. The van der Waals surface area contributed by atoms with E-state index >= 15 is 0 Å². The van der Waals surface area contributed by atoms with Crippen LogP contribution in [0, 0.1) is 12.7 Å². The third-order valence-corrected chi connectivity index (χ3v) is 3.55. The van der Waals surface area contributed by atoms with Crippen LogP contribution in [0.1, 0.15) is 16.1 Å². The number of carboxylic acids is 1. The zero-order valence-electron chi connectivity index (χ0n) is 13.2. The molecule has 0 bridgehead atoms. The molecule has 3 rings (SSSR count). The first kappa shape index (κ1) is 16.4. The van der Waals surface area contributed by atoms with Gasteiger partial charge in [-0.1, -0.05) is 18.2 Å². The zero-order chi connectivity index (χ0) is 18.0. The minimum atomic E-state index is -1.33. The van der Waals surface area contributed by atoms with E-state index in [-0.39, 0.29) is 11.3 Å². The van der Waals surface area contributed by atoms with Gasteiger partial charge in [-0.05, 0) is 37.3 Å². The van der Waals surface area contributed by atoms with Gasteiger partial charge in [0.15, 0.2) is 0 Å². The van der Waals surface area contributed by atoms with Crippen LogP contribution in [0.25, 0.3) is 10.9 Å². The Bertz CT molecular complexity index is 988. The molecule has 0 radical (unpaired) electrons. The lowest BCUT2D eigenvalue weighted by Gasteiger charge is -2.12. The molecular formula is C18H14FN3O3. The van der Waals surface area contributed by atoms with Gasteiger partial charge in [-0.2, -0.15) is 0 Å². The number of para-hydroxylation sites is 1. The summed E-state index contributed by atoms with van der Waals surface area (Å²) in [6, 6.07) is 11.5. The minimum absolute atomic E-state index is 0.00137. The Hall–Kier alpha value is -3.48. The first-order valence-corrected chi connectivity index (χ1v) is 7.41. The predicted octanol–water partition coefficient (Wildman–Crippen LogP) is 4.02. The number of fused-ring (bicyclic) bond motifs is 1. The van der Waals surface area contributed by atoms with Crippen molar-refractivity contribution in [2.45, 2.75) is 6.92 Å². The number of nitrogens with zero attached hydrogens (tertiary/aromatic N) is 1. The molecule has 2 amide bonds. The normalized spacial score (nSPS) is 10.5. The smallest absolute Gasteiger partial charge is 0.337 e. The summed E-state index contributed by atoms with van der Waals surface area (Å²) in [5, 5.41) is 15.0. The van der Waals surface area contributed by atoms with E-state index in [1.807, 2.05) is 24.3 Å². The van der Waals surface area contributed by atoms with E-state index in [4.69, 9.17) is 5.11 Å². The van der Waals surface area contributed by atoms with Crippen LogP contribution >= 0.6 is 0 Å². The Labute approximate surface area is 142 Å². The molecule has 0 spiro atoms. The average molecular weight is 339 g/mol. The predicted molar refractivity (Wildman–Crippen MR) is 92.5 cm³/mol. The average Bonchev–Trinajstić information content (AvgIpc) is 2.56. The fourth-order valence-corrected chi connectivity index (χ4v) is 2.49. The van der Waals surface area contributed by atoms with Gasteiger partial charge >= 0.3 is 12.0 Å². The standard InChI is InChI=1S/C18H14FN3O3/c1-10-8-16(12-4-2-3-5-14(12)20-10)22-18(25)21-15-7-6-11(19)9-13(15)17(23)24/h2-9H,1H3,(H,23,24)(H2,20,21,22,25). The number of halogens is 1. The number of rotatable bonds is 3. The van der Waals surface area contributed by atoms with Crippen LogP contribution < -0.4 is 10.6 Å². The van der Waals surface area contributed by atoms with E-state index in [0.717, 1.165) is 28.7 Å². The second kappa shape index (κ2) is 6.56. The number of aromatic nitrogens is 1. The third-order valence-electron chi connectivity index (χ3n) is 3.55. The van der Waals surface area contributed by atoms with Crippen LogP contribution in [0.3, 0.4) is 0 Å². The van der Waals surface area contributed by atoms with Crippen molar-refractivity contribution in [3.8, 4) is 0 Å². The molecule has 1 heterocycles. The molecule has 6 nitrogen and oxygen atoms in total. The lowest BCUT2D eigenvalue weighted by atomic mass is 10.1. The van der Waals surface area contributed by atoms with Crippen LogP contribution in [0.2, 0.25) is 0 Å². The number of aromatic carboxylic acids is 1. The van der Waals surface area contributed by atoms with E-state index in [9.17, 15) is 14.0 Å². The van der Waals surface area contributed by atoms with E-state index in [1.165, 1.54) is 6.07 Å². The molecule has 0 saturated carbocycles. The summed E-state index contributed by atoms with van der Waals surface area (Å²) < 4.78 is 13.2. The Morgan fingerprint density at radius 3 is 2.52 bits per heavy atom. The fourth-order valence-electron chi connectivity index (χ4n) is 2.49. The van der Waals surface area contributed by atoms with E-state index in [1.54, 1.807) is 13.0 Å². The molecule has 0 fully saturated rings. The van der Waals surface area contributed by atoms with Gasteiger partial charge in [-0.3, -0.25) is 4.98 Å². The maximum atomic E-state index is 13.2. The van der Waals surface area contributed by atoms with Gasteiger partial charge in [0, 0.05) is 11.1 Å². The molecular weight excluding hydrogens is 325 g/mol. The van der Waals surface area contributed by atoms with Gasteiger partial charge in [0.1, 0.15) is 5.82 Å². The minimum Gasteiger partial charge on any atom is -0.478 e. The number of nitrogens with one attached hydrogen (secondary N) is 2. The summed E-state index contributed by atoms with van der Waals surface area (Å²) >= 11 is 0. The van der Waals surface area contributed by atoms with Crippen molar-refractivity contribution >= 4 is 34.3 Å². The van der Waals surface area contributed by atoms with E-state index in [2.05, 4.69) is 15.6 Å². The number of aryl methyl sites for hydroxylation is 1. The SMILES string of the molecule is Cc1cc(NC(=O)Nc2ccc(F)cc2C(=O)O)c2ccccc2n1. The molecule has 0 atom stereocenters. The highest BCUT2D eigenvalue weighted by Gasteiger charge is 2.14. The molecule has 7 heteroatoms. The maximum absolute atomic E-state index is 13.2. The highest BCUT2D eigenvalue weighted by Crippen LogP contribution is 2.23. The van der Waals surface area contributed by atoms with Crippen LogP contribution in [0.4, 0.5) is 20.6 Å². The second-order valence-electron chi connectivity index (χ2n) is 5.40. The van der Waals surface area contributed by atoms with Crippen molar-refractivity contribution in [2.24, 2.45) is 0 Å². The van der Waals surface area contributed by atoms with Gasteiger partial charge in [-0.25, -0.2) is 14.0 Å². The van der Waals surface area contributed by atoms with E-state index in [0.29, 0.717) is 5.69 Å². The molecule has 3 N–H and O–H groups in total. The van der Waals surface area contributed by atoms with Gasteiger partial charge in [-0.15, -0.1) is 0 Å². The molecule has 0 unspecified atom stereocenters. The molecule has 1 aromatic heterocycles. The lowest BCUT2D eigenvalue weighted by molar-refractivity contribution is 0.0697. The molecule has 25 heavy (non-hydrogen) atoms. The van der Waals surface area contributed by atoms with Crippen molar-refractivity contribution < 1.29 is 19.1 Å². The summed E-state index contributed by atoms with van der Waals surface area (Å²) in [4.78, 5) is 27.8. The number of urea groups is 1. The Balaban J connectivity index is 1.88. The Morgan fingerprint density at radius 2 is 1.76 bits per heavy atom. The number of pyridine rings is 1. The molecule has 0 aliphatic carbocycles. The number of hydrogen-bond acceptors (Lipinski definition) is 3. The quantitative estimate of drug-likeness (QED) is 0.672. The van der Waals surface area contributed by atoms with Gasteiger partial charge in [0.05, 0.1) is 22.5 Å². The summed E-state index contributed by atoms with van der Waals surface area (Å²) in [7, 11) is 0. The molecule has 2 aromatic carbocycles. The molecule has 0 aliphatic rings. The number of anilines is 2. The van der Waals surface area contributed by atoms with Crippen LogP contribution in [-0.4, -0.2) is 22.1 Å². The lowest BCUT2D eigenvalue weighted by Crippen LogP contribution is -2.21. The highest BCUT2D eigenvalue weighted by atomic mass is 19.1. The summed E-state index contributed by atoms with van der Waals surface area (Å²) in [5.41, 5.74) is 1.67. The molecule has 126 valence electrons. The first-order chi connectivity index (χ1) is 11.9. The largest absolute Gasteiger partial charge is 0.478 e. The number of carbonyl (C=O) groups excluding carboxylic acids is 1. The number of amides is 2. The van der Waals surface area contributed by atoms with Crippen LogP contribution in [0.15, 0.2) is 48.5 Å². The van der Waals surface area contributed by atoms with Crippen LogP contribution in [-0.2, 0) is 0 Å². The molecule has 3 aromatic rings. The van der Waals surface area contributed by atoms with Crippen molar-refractivity contribution in [1.82, 2.24) is 4.98 Å². The number of carboxylic acid groups (broad SMARTS) is 1. The van der Waals surface area contributed by atoms with Crippen LogP contribution in [0.5, 0.6) is 0 Å².